The summed E-state index contributed by atoms with van der Waals surface area (Å²) in [4.78, 5) is 13.3. The van der Waals surface area contributed by atoms with E-state index in [0.717, 1.165) is 16.1 Å². The van der Waals surface area contributed by atoms with E-state index in [1.165, 1.54) is 23.9 Å². The number of carbonyl (C=O) groups excluding carboxylic acids is 1. The highest BCUT2D eigenvalue weighted by Gasteiger charge is 2.30. The lowest BCUT2D eigenvalue weighted by atomic mass is 10.0. The molecule has 0 saturated heterocycles. The number of para-hydroxylation sites is 1. The molecule has 0 amide bonds. The van der Waals surface area contributed by atoms with Crippen molar-refractivity contribution < 1.29 is 13.9 Å². The summed E-state index contributed by atoms with van der Waals surface area (Å²) in [5.74, 6) is -0.470. The molecule has 23 heavy (non-hydrogen) atoms. The predicted molar refractivity (Wildman–Crippen MR) is 90.1 cm³/mol. The number of carbonyl (C=O) groups is 1. The second-order valence-corrected chi connectivity index (χ2v) is 6.58. The lowest BCUT2D eigenvalue weighted by Gasteiger charge is -2.20. The predicted octanol–water partition coefficient (Wildman–Crippen LogP) is 4.41. The molecule has 0 aliphatic carbocycles. The molecule has 3 nitrogen and oxygen atoms in total. The monoisotopic (exact) mass is 331 g/mol. The third kappa shape index (κ3) is 3.67. The van der Waals surface area contributed by atoms with Crippen molar-refractivity contribution in [1.82, 2.24) is 0 Å². The number of ether oxygens (including phenoxy) is 1. The van der Waals surface area contributed by atoms with E-state index < -0.39 is 0 Å². The molecule has 0 fully saturated rings. The van der Waals surface area contributed by atoms with Crippen LogP contribution in [-0.2, 0) is 9.53 Å². The van der Waals surface area contributed by atoms with Gasteiger partial charge in [0.2, 0.25) is 0 Å². The van der Waals surface area contributed by atoms with Crippen LogP contribution in [0.1, 0.15) is 24.9 Å². The van der Waals surface area contributed by atoms with Crippen LogP contribution in [0.5, 0.6) is 0 Å². The maximum absolute atomic E-state index is 13.2. The van der Waals surface area contributed by atoms with Gasteiger partial charge in [0, 0.05) is 10.6 Å². The number of hydrogen-bond donors (Lipinski definition) is 1. The molecule has 1 N–H and O–H groups in total. The number of thioether (sulfide) groups is 1. The zero-order chi connectivity index (χ0) is 16.2. The smallest absolute Gasteiger partial charge is 0.319 e. The van der Waals surface area contributed by atoms with E-state index in [1.807, 2.05) is 31.2 Å². The van der Waals surface area contributed by atoms with Crippen LogP contribution in [0.4, 0.5) is 10.1 Å². The van der Waals surface area contributed by atoms with Gasteiger partial charge >= 0.3 is 5.97 Å². The lowest BCUT2D eigenvalue weighted by Crippen LogP contribution is -2.23. The highest BCUT2D eigenvalue weighted by Crippen LogP contribution is 2.41. The fraction of sp³-hybridized carbons (Fsp3) is 0.278. The highest BCUT2D eigenvalue weighted by molar-refractivity contribution is 8.00. The van der Waals surface area contributed by atoms with Crippen LogP contribution < -0.4 is 5.32 Å². The normalized spacial score (nSPS) is 20.1. The highest BCUT2D eigenvalue weighted by atomic mass is 32.2. The van der Waals surface area contributed by atoms with Crippen LogP contribution in [0.3, 0.4) is 0 Å². The minimum Gasteiger partial charge on any atom is -0.465 e. The molecular formula is C18H18FNO2S. The third-order valence-corrected chi connectivity index (χ3v) is 5.04. The van der Waals surface area contributed by atoms with Crippen molar-refractivity contribution in [2.75, 3.05) is 11.9 Å². The van der Waals surface area contributed by atoms with E-state index in [0.29, 0.717) is 13.0 Å². The van der Waals surface area contributed by atoms with Crippen LogP contribution in [0.25, 0.3) is 0 Å². The van der Waals surface area contributed by atoms with E-state index in [9.17, 15) is 9.18 Å². The second kappa shape index (κ2) is 7.04. The minimum atomic E-state index is -0.291. The van der Waals surface area contributed by atoms with E-state index >= 15 is 0 Å². The van der Waals surface area contributed by atoms with Gasteiger partial charge in [0.05, 0.1) is 12.6 Å². The molecular weight excluding hydrogens is 313 g/mol. The zero-order valence-electron chi connectivity index (χ0n) is 12.8. The SMILES string of the molecule is CCOC(=O)C1CC(c2ccc(F)cc2)Nc2ccccc2S1. The first-order chi connectivity index (χ1) is 11.2. The molecule has 3 rings (SSSR count). The molecule has 1 aliphatic rings. The molecule has 1 aliphatic heterocycles. The average Bonchev–Trinajstić information content (AvgIpc) is 2.75. The van der Waals surface area contributed by atoms with Gasteiger partial charge in [0.15, 0.2) is 0 Å². The number of nitrogens with one attached hydrogen (secondary N) is 1. The molecule has 0 saturated carbocycles. The molecule has 2 atom stereocenters. The molecule has 0 radical (unpaired) electrons. The van der Waals surface area contributed by atoms with Crippen LogP contribution in [0.2, 0.25) is 0 Å². The maximum atomic E-state index is 13.2. The molecule has 0 aromatic heterocycles. The summed E-state index contributed by atoms with van der Waals surface area (Å²) in [6.45, 7) is 2.18. The number of halogens is 1. The average molecular weight is 331 g/mol. The fourth-order valence-electron chi connectivity index (χ4n) is 2.64. The van der Waals surface area contributed by atoms with Crippen LogP contribution >= 0.6 is 11.8 Å². The van der Waals surface area contributed by atoms with Gasteiger partial charge in [0.1, 0.15) is 11.1 Å². The third-order valence-electron chi connectivity index (χ3n) is 3.76. The summed E-state index contributed by atoms with van der Waals surface area (Å²) in [5, 5.41) is 3.18. The van der Waals surface area contributed by atoms with Gasteiger partial charge in [-0.1, -0.05) is 24.3 Å². The second-order valence-electron chi connectivity index (χ2n) is 5.34. The fourth-order valence-corrected chi connectivity index (χ4v) is 3.82. The van der Waals surface area contributed by atoms with Gasteiger partial charge in [-0.3, -0.25) is 4.79 Å². The number of benzene rings is 2. The van der Waals surface area contributed by atoms with Crippen molar-refractivity contribution in [1.29, 1.82) is 0 Å². The van der Waals surface area contributed by atoms with Gasteiger partial charge in [-0.2, -0.15) is 0 Å². The molecule has 0 spiro atoms. The number of fused-ring (bicyclic) bond motifs is 1. The number of anilines is 1. The topological polar surface area (TPSA) is 38.3 Å². The van der Waals surface area contributed by atoms with Crippen molar-refractivity contribution in [2.45, 2.75) is 29.5 Å². The van der Waals surface area contributed by atoms with Crippen molar-refractivity contribution >= 4 is 23.4 Å². The van der Waals surface area contributed by atoms with E-state index in [-0.39, 0.29) is 23.1 Å². The Morgan fingerprint density at radius 2 is 2.00 bits per heavy atom. The first-order valence-electron chi connectivity index (χ1n) is 7.61. The molecule has 2 aromatic carbocycles. The maximum Gasteiger partial charge on any atom is 0.319 e. The number of hydrogen-bond acceptors (Lipinski definition) is 4. The Bertz CT molecular complexity index is 690. The Kier molecular flexibility index (Phi) is 4.86. The molecule has 2 aromatic rings. The molecule has 5 heteroatoms. The van der Waals surface area contributed by atoms with Crippen molar-refractivity contribution in [2.24, 2.45) is 0 Å². The Hall–Kier alpha value is -2.01. The van der Waals surface area contributed by atoms with Crippen LogP contribution in [0.15, 0.2) is 53.4 Å². The number of rotatable bonds is 3. The van der Waals surface area contributed by atoms with Gasteiger partial charge < -0.3 is 10.1 Å². The van der Waals surface area contributed by atoms with E-state index in [1.54, 1.807) is 12.1 Å². The minimum absolute atomic E-state index is 0.0684. The van der Waals surface area contributed by atoms with E-state index in [4.69, 9.17) is 4.74 Å². The van der Waals surface area contributed by atoms with Gasteiger partial charge in [0.25, 0.3) is 0 Å². The van der Waals surface area contributed by atoms with Crippen molar-refractivity contribution in [3.05, 3.63) is 59.9 Å². The summed E-state index contributed by atoms with van der Waals surface area (Å²) >= 11 is 1.52. The number of esters is 1. The van der Waals surface area contributed by atoms with E-state index in [2.05, 4.69) is 5.32 Å². The standard InChI is InChI=1S/C18H18FNO2S/c1-2-22-18(21)17-11-15(12-7-9-13(19)10-8-12)20-14-5-3-4-6-16(14)23-17/h3-10,15,17,20H,2,11H2,1H3. The molecule has 2 unspecified atom stereocenters. The van der Waals surface area contributed by atoms with Crippen LogP contribution in [-0.4, -0.2) is 17.8 Å². The zero-order valence-corrected chi connectivity index (χ0v) is 13.6. The lowest BCUT2D eigenvalue weighted by molar-refractivity contribution is -0.142. The Morgan fingerprint density at radius 1 is 1.26 bits per heavy atom. The van der Waals surface area contributed by atoms with Gasteiger partial charge in [-0.05, 0) is 43.2 Å². The summed E-state index contributed by atoms with van der Waals surface area (Å²) in [6, 6.07) is 14.2. The Balaban J connectivity index is 1.93. The summed E-state index contributed by atoms with van der Waals surface area (Å²) in [6.07, 6.45) is 0.587. The Labute approximate surface area is 139 Å². The van der Waals surface area contributed by atoms with Crippen molar-refractivity contribution in [3.63, 3.8) is 0 Å². The summed E-state index contributed by atoms with van der Waals surface area (Å²) in [7, 11) is 0. The van der Waals surface area contributed by atoms with Gasteiger partial charge in [-0.25, -0.2) is 4.39 Å². The molecule has 120 valence electrons. The quantitative estimate of drug-likeness (QED) is 0.846. The summed E-state index contributed by atoms with van der Waals surface area (Å²) in [5.41, 5.74) is 1.94. The van der Waals surface area contributed by atoms with Crippen LogP contribution in [0, 0.1) is 5.82 Å². The first-order valence-corrected chi connectivity index (χ1v) is 8.49. The van der Waals surface area contributed by atoms with Gasteiger partial charge in [-0.15, -0.1) is 11.8 Å². The molecule has 1 heterocycles. The molecule has 0 bridgehead atoms. The first kappa shape index (κ1) is 15.9. The summed E-state index contributed by atoms with van der Waals surface area (Å²) < 4.78 is 18.4. The van der Waals surface area contributed by atoms with Crippen molar-refractivity contribution in [3.8, 4) is 0 Å². The largest absolute Gasteiger partial charge is 0.465 e. The Morgan fingerprint density at radius 3 is 2.74 bits per heavy atom.